The van der Waals surface area contributed by atoms with Crippen molar-refractivity contribution in [2.24, 2.45) is 0 Å². The van der Waals surface area contributed by atoms with Gasteiger partial charge in [-0.2, -0.15) is 0 Å². The normalized spacial score (nSPS) is 16.8. The van der Waals surface area contributed by atoms with Gasteiger partial charge in [0.15, 0.2) is 0 Å². The van der Waals surface area contributed by atoms with E-state index in [1.54, 1.807) is 6.20 Å². The number of amides is 1. The third-order valence-electron chi connectivity index (χ3n) is 4.52. The van der Waals surface area contributed by atoms with Crippen LogP contribution in [0.25, 0.3) is 10.9 Å². The number of nitrogens with one attached hydrogen (secondary N) is 2. The second-order valence-electron chi connectivity index (χ2n) is 6.26. The van der Waals surface area contributed by atoms with E-state index in [0.29, 0.717) is 11.4 Å². The first-order valence-corrected chi connectivity index (χ1v) is 8.57. The molecule has 122 valence electrons. The Morgan fingerprint density at radius 3 is 3.17 bits per heavy atom. The van der Waals surface area contributed by atoms with Crippen LogP contribution in [0.15, 0.2) is 42.6 Å². The molecule has 0 spiro atoms. The van der Waals surface area contributed by atoms with E-state index in [9.17, 15) is 4.79 Å². The Morgan fingerprint density at radius 1 is 1.33 bits per heavy atom. The highest BCUT2D eigenvalue weighted by Gasteiger charge is 2.22. The summed E-state index contributed by atoms with van der Waals surface area (Å²) in [4.78, 5) is 20.2. The second-order valence-corrected chi connectivity index (χ2v) is 6.70. The number of halogens is 1. The highest BCUT2D eigenvalue weighted by atomic mass is 35.5. The summed E-state index contributed by atoms with van der Waals surface area (Å²) in [6.07, 6.45) is 5.18. The number of aryl methyl sites for hydroxylation is 1. The first-order chi connectivity index (χ1) is 11.7. The van der Waals surface area contributed by atoms with Gasteiger partial charge in [0.05, 0.1) is 18.2 Å². The average Bonchev–Trinajstić information content (AvgIpc) is 2.96. The summed E-state index contributed by atoms with van der Waals surface area (Å²) >= 11 is 6.01. The van der Waals surface area contributed by atoms with Gasteiger partial charge in [0.25, 0.3) is 0 Å². The molecule has 0 saturated carbocycles. The van der Waals surface area contributed by atoms with Crippen LogP contribution < -0.4 is 5.32 Å². The lowest BCUT2D eigenvalue weighted by Crippen LogP contribution is -2.32. The number of carbonyl (C=O) groups is 1. The van der Waals surface area contributed by atoms with Gasteiger partial charge in [-0.05, 0) is 55.2 Å². The van der Waals surface area contributed by atoms with Crippen LogP contribution in [0.5, 0.6) is 0 Å². The van der Waals surface area contributed by atoms with Crippen molar-refractivity contribution in [1.82, 2.24) is 15.3 Å². The van der Waals surface area contributed by atoms with E-state index in [1.807, 2.05) is 30.3 Å². The first kappa shape index (κ1) is 15.2. The molecule has 1 amide bonds. The number of fused-ring (bicyclic) bond motifs is 2. The third kappa shape index (κ3) is 3.02. The molecule has 4 nitrogen and oxygen atoms in total. The number of benzene rings is 1. The monoisotopic (exact) mass is 339 g/mol. The van der Waals surface area contributed by atoms with Gasteiger partial charge in [-0.15, -0.1) is 0 Å². The minimum Gasteiger partial charge on any atom is -0.358 e. The van der Waals surface area contributed by atoms with Crippen LogP contribution in [0.2, 0.25) is 5.02 Å². The van der Waals surface area contributed by atoms with Crippen LogP contribution in [0.4, 0.5) is 0 Å². The van der Waals surface area contributed by atoms with E-state index in [4.69, 9.17) is 11.6 Å². The number of H-pyrrole nitrogens is 1. The Bertz CT molecular complexity index is 903. The van der Waals surface area contributed by atoms with Crippen LogP contribution in [0.1, 0.15) is 35.8 Å². The highest BCUT2D eigenvalue weighted by Crippen LogP contribution is 2.27. The summed E-state index contributed by atoms with van der Waals surface area (Å²) in [5.41, 5.74) is 4.14. The topological polar surface area (TPSA) is 57.8 Å². The van der Waals surface area contributed by atoms with E-state index in [2.05, 4.69) is 21.4 Å². The molecule has 1 aliphatic rings. The molecule has 0 saturated heterocycles. The molecule has 0 bridgehead atoms. The van der Waals surface area contributed by atoms with Crippen LogP contribution >= 0.6 is 11.6 Å². The van der Waals surface area contributed by atoms with Crippen molar-refractivity contribution in [3.63, 3.8) is 0 Å². The molecule has 2 heterocycles. The molecule has 2 aromatic heterocycles. The van der Waals surface area contributed by atoms with E-state index in [0.717, 1.165) is 41.6 Å². The SMILES string of the molecule is O=C(Cc1cc2cc(Cl)ccc2[nH]1)N[C@H]1CCCc2cccnc21. The highest BCUT2D eigenvalue weighted by molar-refractivity contribution is 6.31. The van der Waals surface area contributed by atoms with Crippen molar-refractivity contribution in [3.05, 3.63) is 64.6 Å². The molecule has 1 aromatic carbocycles. The van der Waals surface area contributed by atoms with Gasteiger partial charge >= 0.3 is 0 Å². The second kappa shape index (κ2) is 6.29. The van der Waals surface area contributed by atoms with Crippen LogP contribution in [0.3, 0.4) is 0 Å². The number of rotatable bonds is 3. The number of aromatic amines is 1. The van der Waals surface area contributed by atoms with Gasteiger partial charge in [0.1, 0.15) is 0 Å². The zero-order valence-electron chi connectivity index (χ0n) is 13.2. The summed E-state index contributed by atoms with van der Waals surface area (Å²) in [5, 5.41) is 4.85. The summed E-state index contributed by atoms with van der Waals surface area (Å²) in [6.45, 7) is 0. The summed E-state index contributed by atoms with van der Waals surface area (Å²) in [7, 11) is 0. The van der Waals surface area contributed by atoms with Crippen LogP contribution in [0, 0.1) is 0 Å². The largest absolute Gasteiger partial charge is 0.358 e. The van der Waals surface area contributed by atoms with E-state index >= 15 is 0 Å². The van der Waals surface area contributed by atoms with Crippen LogP contribution in [-0.2, 0) is 17.6 Å². The Hall–Kier alpha value is -2.33. The number of hydrogen-bond acceptors (Lipinski definition) is 2. The molecule has 0 unspecified atom stereocenters. The molecule has 0 fully saturated rings. The fourth-order valence-corrected chi connectivity index (χ4v) is 3.61. The predicted octanol–water partition coefficient (Wildman–Crippen LogP) is 3.95. The van der Waals surface area contributed by atoms with Gasteiger partial charge in [0, 0.05) is 27.8 Å². The number of aromatic nitrogens is 2. The van der Waals surface area contributed by atoms with Crippen molar-refractivity contribution in [2.75, 3.05) is 0 Å². The maximum Gasteiger partial charge on any atom is 0.226 e. The zero-order valence-corrected chi connectivity index (χ0v) is 13.9. The molecule has 24 heavy (non-hydrogen) atoms. The van der Waals surface area contributed by atoms with Gasteiger partial charge in [0.2, 0.25) is 5.91 Å². The molecule has 3 aromatic rings. The van der Waals surface area contributed by atoms with Crippen molar-refractivity contribution in [3.8, 4) is 0 Å². The molecular formula is C19H18ClN3O. The maximum atomic E-state index is 12.4. The summed E-state index contributed by atoms with van der Waals surface area (Å²) < 4.78 is 0. The lowest BCUT2D eigenvalue weighted by molar-refractivity contribution is -0.121. The Labute approximate surface area is 145 Å². The smallest absolute Gasteiger partial charge is 0.226 e. The predicted molar refractivity (Wildman–Crippen MR) is 95.1 cm³/mol. The van der Waals surface area contributed by atoms with Crippen molar-refractivity contribution >= 4 is 28.4 Å². The minimum absolute atomic E-state index is 0.0103. The van der Waals surface area contributed by atoms with Crippen molar-refractivity contribution in [1.29, 1.82) is 0 Å². The summed E-state index contributed by atoms with van der Waals surface area (Å²) in [5.74, 6) is 0.0103. The maximum absolute atomic E-state index is 12.4. The number of carbonyl (C=O) groups excluding carboxylic acids is 1. The van der Waals surface area contributed by atoms with Gasteiger partial charge in [-0.3, -0.25) is 9.78 Å². The van der Waals surface area contributed by atoms with Gasteiger partial charge < -0.3 is 10.3 Å². The Balaban J connectivity index is 1.48. The lowest BCUT2D eigenvalue weighted by atomic mass is 9.92. The molecule has 0 radical (unpaired) electrons. The number of hydrogen-bond donors (Lipinski definition) is 2. The van der Waals surface area contributed by atoms with Crippen molar-refractivity contribution in [2.45, 2.75) is 31.7 Å². The standard InChI is InChI=1S/C19H18ClN3O/c20-14-6-7-16-13(9-14)10-15(22-16)11-18(24)23-17-5-1-3-12-4-2-8-21-19(12)17/h2,4,6-10,17,22H,1,3,5,11H2,(H,23,24)/t17-/m0/s1. The fourth-order valence-electron chi connectivity index (χ4n) is 3.43. The first-order valence-electron chi connectivity index (χ1n) is 8.19. The summed E-state index contributed by atoms with van der Waals surface area (Å²) in [6, 6.07) is 11.7. The molecule has 5 heteroatoms. The lowest BCUT2D eigenvalue weighted by Gasteiger charge is -2.25. The van der Waals surface area contributed by atoms with Gasteiger partial charge in [-0.25, -0.2) is 0 Å². The Kier molecular flexibility index (Phi) is 3.98. The average molecular weight is 340 g/mol. The molecule has 1 aliphatic carbocycles. The number of pyridine rings is 1. The van der Waals surface area contributed by atoms with Crippen LogP contribution in [-0.4, -0.2) is 15.9 Å². The van der Waals surface area contributed by atoms with E-state index in [1.165, 1.54) is 5.56 Å². The quantitative estimate of drug-likeness (QED) is 0.759. The van der Waals surface area contributed by atoms with Gasteiger partial charge in [-0.1, -0.05) is 17.7 Å². The van der Waals surface area contributed by atoms with Crippen molar-refractivity contribution < 1.29 is 4.79 Å². The number of nitrogens with zero attached hydrogens (tertiary/aromatic N) is 1. The molecule has 4 rings (SSSR count). The third-order valence-corrected chi connectivity index (χ3v) is 4.75. The Morgan fingerprint density at radius 2 is 2.25 bits per heavy atom. The van der Waals surface area contributed by atoms with E-state index < -0.39 is 0 Å². The molecule has 2 N–H and O–H groups in total. The molecular weight excluding hydrogens is 322 g/mol. The molecule has 0 aliphatic heterocycles. The fraction of sp³-hybridized carbons (Fsp3) is 0.263. The zero-order chi connectivity index (χ0) is 16.5. The minimum atomic E-state index is 0.0103. The molecule has 1 atom stereocenters. The van der Waals surface area contributed by atoms with E-state index in [-0.39, 0.29) is 11.9 Å².